The quantitative estimate of drug-likeness (QED) is 0.800. The maximum Gasteiger partial charge on any atom is 0.153 e. The highest BCUT2D eigenvalue weighted by Crippen LogP contribution is 2.24. The van der Waals surface area contributed by atoms with E-state index in [1.165, 1.54) is 0 Å². The fraction of sp³-hybridized carbons (Fsp3) is 0.0909. The van der Waals surface area contributed by atoms with E-state index in [9.17, 15) is 0 Å². The van der Waals surface area contributed by atoms with Gasteiger partial charge in [0.15, 0.2) is 5.15 Å². The minimum atomic E-state index is 0.316. The van der Waals surface area contributed by atoms with Gasteiger partial charge in [-0.15, -0.1) is 0 Å². The van der Waals surface area contributed by atoms with Gasteiger partial charge in [0.2, 0.25) is 0 Å². The molecule has 4 nitrogen and oxygen atoms in total. The minimum absolute atomic E-state index is 0.316. The van der Waals surface area contributed by atoms with Crippen LogP contribution in [-0.4, -0.2) is 9.97 Å². The summed E-state index contributed by atoms with van der Waals surface area (Å²) in [6.45, 7) is 0.651. The molecule has 0 fully saturated rings. The maximum atomic E-state index is 5.81. The van der Waals surface area contributed by atoms with Crippen molar-refractivity contribution in [3.63, 3.8) is 0 Å². The Balaban J connectivity index is 2.08. The maximum absolute atomic E-state index is 5.81. The van der Waals surface area contributed by atoms with Gasteiger partial charge in [-0.2, -0.15) is 0 Å². The first-order valence-corrected chi connectivity index (χ1v) is 5.18. The molecular weight excluding hydrogens is 224 g/mol. The zero-order chi connectivity index (χ0) is 11.4. The highest BCUT2D eigenvalue weighted by atomic mass is 35.5. The SMILES string of the molecule is Nc1c(NCc2cccnc2)ccnc1Cl. The van der Waals surface area contributed by atoms with E-state index in [-0.39, 0.29) is 0 Å². The predicted octanol–water partition coefficient (Wildman–Crippen LogP) is 2.32. The average Bonchev–Trinajstić information content (AvgIpc) is 2.32. The Morgan fingerprint density at radius 1 is 1.31 bits per heavy atom. The Labute approximate surface area is 98.5 Å². The molecule has 16 heavy (non-hydrogen) atoms. The molecule has 5 heteroatoms. The van der Waals surface area contributed by atoms with Crippen molar-refractivity contribution in [2.45, 2.75) is 6.54 Å². The fourth-order valence-electron chi connectivity index (χ4n) is 1.30. The lowest BCUT2D eigenvalue weighted by molar-refractivity contribution is 1.11. The van der Waals surface area contributed by atoms with Crippen molar-refractivity contribution in [1.82, 2.24) is 9.97 Å². The van der Waals surface area contributed by atoms with Crippen LogP contribution in [0.1, 0.15) is 5.56 Å². The van der Waals surface area contributed by atoms with Gasteiger partial charge in [0.25, 0.3) is 0 Å². The number of hydrogen-bond donors (Lipinski definition) is 2. The summed E-state index contributed by atoms with van der Waals surface area (Å²) in [5.74, 6) is 0. The molecule has 3 N–H and O–H groups in total. The van der Waals surface area contributed by atoms with Crippen LogP contribution in [0, 0.1) is 0 Å². The van der Waals surface area contributed by atoms with E-state index in [0.29, 0.717) is 17.4 Å². The third kappa shape index (κ3) is 2.41. The van der Waals surface area contributed by atoms with E-state index in [4.69, 9.17) is 17.3 Å². The van der Waals surface area contributed by atoms with Crippen LogP contribution < -0.4 is 11.1 Å². The fourth-order valence-corrected chi connectivity index (χ4v) is 1.46. The monoisotopic (exact) mass is 234 g/mol. The van der Waals surface area contributed by atoms with E-state index < -0.39 is 0 Å². The second-order valence-electron chi connectivity index (χ2n) is 3.28. The molecule has 0 amide bonds. The Morgan fingerprint density at radius 3 is 2.94 bits per heavy atom. The summed E-state index contributed by atoms with van der Waals surface area (Å²) in [6.07, 6.45) is 5.15. The number of hydrogen-bond acceptors (Lipinski definition) is 4. The zero-order valence-corrected chi connectivity index (χ0v) is 9.28. The number of nitrogens with zero attached hydrogens (tertiary/aromatic N) is 2. The van der Waals surface area contributed by atoms with E-state index in [1.807, 2.05) is 12.1 Å². The van der Waals surface area contributed by atoms with Crippen molar-refractivity contribution in [3.05, 3.63) is 47.5 Å². The van der Waals surface area contributed by atoms with E-state index in [2.05, 4.69) is 15.3 Å². The molecule has 0 aliphatic rings. The number of halogens is 1. The number of nitrogens with one attached hydrogen (secondary N) is 1. The van der Waals surface area contributed by atoms with E-state index >= 15 is 0 Å². The molecule has 2 heterocycles. The lowest BCUT2D eigenvalue weighted by Gasteiger charge is -2.09. The Bertz CT molecular complexity index is 473. The summed E-state index contributed by atoms with van der Waals surface area (Å²) in [6, 6.07) is 5.66. The molecule has 2 aromatic heterocycles. The topological polar surface area (TPSA) is 63.8 Å². The largest absolute Gasteiger partial charge is 0.395 e. The van der Waals surface area contributed by atoms with Crippen molar-refractivity contribution in [2.24, 2.45) is 0 Å². The summed E-state index contributed by atoms with van der Waals surface area (Å²) < 4.78 is 0. The van der Waals surface area contributed by atoms with Gasteiger partial charge < -0.3 is 11.1 Å². The van der Waals surface area contributed by atoms with Gasteiger partial charge in [-0.05, 0) is 17.7 Å². The Kier molecular flexibility index (Phi) is 3.22. The van der Waals surface area contributed by atoms with Crippen LogP contribution in [0.4, 0.5) is 11.4 Å². The first kappa shape index (κ1) is 10.7. The minimum Gasteiger partial charge on any atom is -0.395 e. The summed E-state index contributed by atoms with van der Waals surface area (Å²) in [7, 11) is 0. The molecule has 0 saturated heterocycles. The van der Waals surface area contributed by atoms with Crippen LogP contribution >= 0.6 is 11.6 Å². The molecule has 0 aliphatic carbocycles. The molecule has 0 atom stereocenters. The molecule has 0 aliphatic heterocycles. The van der Waals surface area contributed by atoms with Crippen molar-refractivity contribution in [2.75, 3.05) is 11.1 Å². The molecular formula is C11H11ClN4. The molecule has 82 valence electrons. The van der Waals surface area contributed by atoms with Gasteiger partial charge in [-0.3, -0.25) is 4.98 Å². The normalized spacial score (nSPS) is 10.1. The summed E-state index contributed by atoms with van der Waals surface area (Å²) in [5.41, 5.74) is 8.10. The zero-order valence-electron chi connectivity index (χ0n) is 8.52. The lowest BCUT2D eigenvalue weighted by Crippen LogP contribution is -2.03. The molecule has 0 spiro atoms. The first-order chi connectivity index (χ1) is 7.77. The van der Waals surface area contributed by atoms with E-state index in [1.54, 1.807) is 24.7 Å². The molecule has 0 radical (unpaired) electrons. The third-order valence-electron chi connectivity index (χ3n) is 2.15. The van der Waals surface area contributed by atoms with Crippen LogP contribution in [0.2, 0.25) is 5.15 Å². The number of pyridine rings is 2. The highest BCUT2D eigenvalue weighted by Gasteiger charge is 2.03. The van der Waals surface area contributed by atoms with E-state index in [0.717, 1.165) is 11.3 Å². The number of rotatable bonds is 3. The Hall–Kier alpha value is -1.81. The second kappa shape index (κ2) is 4.81. The smallest absolute Gasteiger partial charge is 0.153 e. The van der Waals surface area contributed by atoms with Crippen LogP contribution in [0.3, 0.4) is 0 Å². The predicted molar refractivity (Wildman–Crippen MR) is 65.2 cm³/mol. The van der Waals surface area contributed by atoms with Gasteiger partial charge in [-0.25, -0.2) is 4.98 Å². The number of aromatic nitrogens is 2. The number of nitrogen functional groups attached to an aromatic ring is 1. The van der Waals surface area contributed by atoms with Crippen LogP contribution in [0.5, 0.6) is 0 Å². The third-order valence-corrected chi connectivity index (χ3v) is 2.45. The molecule has 2 rings (SSSR count). The van der Waals surface area contributed by atoms with Crippen LogP contribution in [0.25, 0.3) is 0 Å². The Morgan fingerprint density at radius 2 is 2.19 bits per heavy atom. The molecule has 0 unspecified atom stereocenters. The number of anilines is 2. The second-order valence-corrected chi connectivity index (χ2v) is 3.64. The number of nitrogens with two attached hydrogens (primary N) is 1. The standard InChI is InChI=1S/C11H11ClN4/c12-11-10(13)9(3-5-15-11)16-7-8-2-1-4-14-6-8/h1-6H,7,13H2,(H,15,16). The molecule has 0 aromatic carbocycles. The van der Waals surface area contributed by atoms with Crippen molar-refractivity contribution in [3.8, 4) is 0 Å². The van der Waals surface area contributed by atoms with Gasteiger partial charge in [0.1, 0.15) is 0 Å². The summed E-state index contributed by atoms with van der Waals surface area (Å²) >= 11 is 5.81. The van der Waals surface area contributed by atoms with Crippen molar-refractivity contribution >= 4 is 23.0 Å². The molecule has 0 bridgehead atoms. The van der Waals surface area contributed by atoms with Gasteiger partial charge in [0, 0.05) is 25.1 Å². The van der Waals surface area contributed by atoms with Gasteiger partial charge in [-0.1, -0.05) is 17.7 Å². The van der Waals surface area contributed by atoms with Gasteiger partial charge in [0.05, 0.1) is 11.4 Å². The summed E-state index contributed by atoms with van der Waals surface area (Å²) in [5, 5.41) is 3.50. The van der Waals surface area contributed by atoms with Crippen LogP contribution in [0.15, 0.2) is 36.8 Å². The molecule has 0 saturated carbocycles. The molecule has 2 aromatic rings. The van der Waals surface area contributed by atoms with Crippen molar-refractivity contribution in [1.29, 1.82) is 0 Å². The van der Waals surface area contributed by atoms with Crippen LogP contribution in [-0.2, 0) is 6.54 Å². The highest BCUT2D eigenvalue weighted by molar-refractivity contribution is 6.32. The lowest BCUT2D eigenvalue weighted by atomic mass is 10.2. The average molecular weight is 235 g/mol. The first-order valence-electron chi connectivity index (χ1n) is 4.80. The van der Waals surface area contributed by atoms with Gasteiger partial charge >= 0.3 is 0 Å². The van der Waals surface area contributed by atoms with Crippen molar-refractivity contribution < 1.29 is 0 Å². The summed E-state index contributed by atoms with van der Waals surface area (Å²) in [4.78, 5) is 7.91.